The lowest BCUT2D eigenvalue weighted by Crippen LogP contribution is -2.25. The Morgan fingerprint density at radius 2 is 1.94 bits per heavy atom. The number of hydrogen-bond donors (Lipinski definition) is 2. The number of aliphatic carboxylic acids is 1. The highest BCUT2D eigenvalue weighted by atomic mass is 16.6. The molecule has 1 aromatic carbocycles. The zero-order chi connectivity index (χ0) is 12.3. The monoisotopic (exact) mass is 224 g/mol. The van der Waals surface area contributed by atoms with E-state index in [0.717, 1.165) is 0 Å². The molecule has 0 aliphatic heterocycles. The van der Waals surface area contributed by atoms with Gasteiger partial charge in [0.05, 0.1) is 10.8 Å². The lowest BCUT2D eigenvalue weighted by Gasteiger charge is -2.15. The van der Waals surface area contributed by atoms with E-state index < -0.39 is 22.9 Å². The molecule has 0 radical (unpaired) electrons. The van der Waals surface area contributed by atoms with Crippen LogP contribution in [0.5, 0.6) is 0 Å². The Labute approximate surface area is 91.8 Å². The predicted molar refractivity (Wildman–Crippen MR) is 56.8 cm³/mol. The summed E-state index contributed by atoms with van der Waals surface area (Å²) in [7, 11) is 0. The fraction of sp³-hybridized carbons (Fsp3) is 0.300. The lowest BCUT2D eigenvalue weighted by molar-refractivity contribution is -0.384. The summed E-state index contributed by atoms with van der Waals surface area (Å²) in [5.41, 5.74) is 6.24. The molecule has 0 saturated carbocycles. The molecule has 0 fully saturated rings. The maximum atomic E-state index is 10.7. The van der Waals surface area contributed by atoms with Crippen molar-refractivity contribution in [2.24, 2.45) is 11.7 Å². The largest absolute Gasteiger partial charge is 0.481 e. The Morgan fingerprint density at radius 1 is 1.44 bits per heavy atom. The molecule has 0 bridgehead atoms. The molecule has 0 aromatic heterocycles. The van der Waals surface area contributed by atoms with Crippen LogP contribution in [0.1, 0.15) is 18.5 Å². The second kappa shape index (κ2) is 4.71. The van der Waals surface area contributed by atoms with Crippen LogP contribution in [-0.4, -0.2) is 16.0 Å². The molecule has 6 heteroatoms. The second-order valence-corrected chi connectivity index (χ2v) is 3.50. The minimum absolute atomic E-state index is 0.0427. The average molecular weight is 224 g/mol. The highest BCUT2D eigenvalue weighted by Crippen LogP contribution is 2.21. The van der Waals surface area contributed by atoms with Crippen molar-refractivity contribution in [3.8, 4) is 0 Å². The Kier molecular flexibility index (Phi) is 3.57. The first kappa shape index (κ1) is 12.1. The van der Waals surface area contributed by atoms with Crippen LogP contribution in [0.4, 0.5) is 5.69 Å². The van der Waals surface area contributed by atoms with Gasteiger partial charge in [0.2, 0.25) is 0 Å². The van der Waals surface area contributed by atoms with E-state index in [1.165, 1.54) is 31.2 Å². The molecule has 0 aliphatic carbocycles. The molecule has 1 aromatic rings. The minimum Gasteiger partial charge on any atom is -0.481 e. The second-order valence-electron chi connectivity index (χ2n) is 3.50. The van der Waals surface area contributed by atoms with Crippen LogP contribution in [0.25, 0.3) is 0 Å². The minimum atomic E-state index is -0.995. The van der Waals surface area contributed by atoms with Gasteiger partial charge in [0, 0.05) is 18.2 Å². The van der Waals surface area contributed by atoms with E-state index in [-0.39, 0.29) is 5.69 Å². The Bertz CT molecular complexity index is 402. The number of nitrogens with zero attached hydrogens (tertiary/aromatic N) is 1. The van der Waals surface area contributed by atoms with Gasteiger partial charge in [-0.3, -0.25) is 14.9 Å². The molecule has 0 heterocycles. The normalized spacial score (nSPS) is 14.1. The Balaban J connectivity index is 2.89. The van der Waals surface area contributed by atoms with Gasteiger partial charge in [0.15, 0.2) is 0 Å². The van der Waals surface area contributed by atoms with E-state index >= 15 is 0 Å². The van der Waals surface area contributed by atoms with Gasteiger partial charge in [-0.2, -0.15) is 0 Å². The zero-order valence-electron chi connectivity index (χ0n) is 8.66. The van der Waals surface area contributed by atoms with Crippen LogP contribution < -0.4 is 5.73 Å². The van der Waals surface area contributed by atoms with Gasteiger partial charge in [-0.1, -0.05) is 19.1 Å². The topological polar surface area (TPSA) is 106 Å². The van der Waals surface area contributed by atoms with Crippen LogP contribution in [0.2, 0.25) is 0 Å². The van der Waals surface area contributed by atoms with E-state index in [2.05, 4.69) is 0 Å². The number of nitro groups is 1. The summed E-state index contributed by atoms with van der Waals surface area (Å²) in [6.45, 7) is 1.49. The molecule has 3 N–H and O–H groups in total. The molecule has 86 valence electrons. The van der Waals surface area contributed by atoms with E-state index in [4.69, 9.17) is 10.8 Å². The van der Waals surface area contributed by atoms with E-state index in [1.54, 1.807) is 0 Å². The highest BCUT2D eigenvalue weighted by molar-refractivity contribution is 5.70. The van der Waals surface area contributed by atoms with Crippen molar-refractivity contribution in [2.75, 3.05) is 0 Å². The number of carbonyl (C=O) groups is 1. The van der Waals surface area contributed by atoms with Crippen LogP contribution in [0.15, 0.2) is 24.3 Å². The van der Waals surface area contributed by atoms with Crippen LogP contribution >= 0.6 is 0 Å². The number of non-ortho nitro benzene ring substituents is 1. The summed E-state index contributed by atoms with van der Waals surface area (Å²) >= 11 is 0. The summed E-state index contributed by atoms with van der Waals surface area (Å²) in [5, 5.41) is 19.2. The summed E-state index contributed by atoms with van der Waals surface area (Å²) in [5.74, 6) is -1.73. The lowest BCUT2D eigenvalue weighted by atomic mass is 9.95. The standard InChI is InChI=1S/C10H12N2O4/c1-6(10(13)14)9(11)7-2-4-8(5-3-7)12(15)16/h2-6,9H,11H2,1H3,(H,13,14)/t6-,9-/m0/s1. The molecule has 6 nitrogen and oxygen atoms in total. The van der Waals surface area contributed by atoms with Gasteiger partial charge in [-0.25, -0.2) is 0 Å². The number of carboxylic acids is 1. The van der Waals surface area contributed by atoms with Gasteiger partial charge in [0.25, 0.3) is 5.69 Å². The first-order valence-corrected chi connectivity index (χ1v) is 4.66. The number of rotatable bonds is 4. The molecule has 0 aliphatic rings. The molecule has 2 atom stereocenters. The van der Waals surface area contributed by atoms with Crippen molar-refractivity contribution in [1.82, 2.24) is 0 Å². The number of nitro benzene ring substituents is 1. The number of carboxylic acid groups (broad SMARTS) is 1. The zero-order valence-corrected chi connectivity index (χ0v) is 8.66. The number of hydrogen-bond acceptors (Lipinski definition) is 4. The summed E-state index contributed by atoms with van der Waals surface area (Å²) in [6, 6.07) is 4.90. The molecule has 0 saturated heterocycles. The number of benzene rings is 1. The first-order valence-electron chi connectivity index (χ1n) is 4.66. The molecular formula is C10H12N2O4. The Morgan fingerprint density at radius 3 is 2.31 bits per heavy atom. The van der Waals surface area contributed by atoms with Crippen molar-refractivity contribution < 1.29 is 14.8 Å². The molecule has 0 spiro atoms. The van der Waals surface area contributed by atoms with Crippen molar-refractivity contribution in [1.29, 1.82) is 0 Å². The van der Waals surface area contributed by atoms with E-state index in [0.29, 0.717) is 5.56 Å². The van der Waals surface area contributed by atoms with Crippen molar-refractivity contribution in [3.63, 3.8) is 0 Å². The summed E-state index contributed by atoms with van der Waals surface area (Å²) < 4.78 is 0. The van der Waals surface area contributed by atoms with Crippen LogP contribution in [0, 0.1) is 16.0 Å². The maximum absolute atomic E-state index is 10.7. The first-order chi connectivity index (χ1) is 7.43. The maximum Gasteiger partial charge on any atom is 0.308 e. The molecule has 16 heavy (non-hydrogen) atoms. The van der Waals surface area contributed by atoms with Crippen molar-refractivity contribution in [3.05, 3.63) is 39.9 Å². The molecule has 1 rings (SSSR count). The fourth-order valence-electron chi connectivity index (χ4n) is 1.26. The SMILES string of the molecule is C[C@H](C(=O)O)[C@H](N)c1ccc([N+](=O)[O-])cc1. The smallest absolute Gasteiger partial charge is 0.308 e. The molecular weight excluding hydrogens is 212 g/mol. The van der Waals surface area contributed by atoms with E-state index in [1.807, 2.05) is 0 Å². The van der Waals surface area contributed by atoms with Crippen molar-refractivity contribution in [2.45, 2.75) is 13.0 Å². The number of nitrogens with two attached hydrogens (primary N) is 1. The van der Waals surface area contributed by atoms with E-state index in [9.17, 15) is 14.9 Å². The fourth-order valence-corrected chi connectivity index (χ4v) is 1.26. The van der Waals surface area contributed by atoms with Crippen molar-refractivity contribution >= 4 is 11.7 Å². The molecule has 0 unspecified atom stereocenters. The van der Waals surface area contributed by atoms with Crippen LogP contribution in [0.3, 0.4) is 0 Å². The predicted octanol–water partition coefficient (Wildman–Crippen LogP) is 1.32. The quantitative estimate of drug-likeness (QED) is 0.592. The molecule has 0 amide bonds. The van der Waals surface area contributed by atoms with Gasteiger partial charge in [0.1, 0.15) is 0 Å². The Hall–Kier alpha value is -1.95. The third-order valence-electron chi connectivity index (χ3n) is 2.42. The van der Waals surface area contributed by atoms with Gasteiger partial charge in [-0.05, 0) is 5.56 Å². The third-order valence-corrected chi connectivity index (χ3v) is 2.42. The summed E-state index contributed by atoms with van der Waals surface area (Å²) in [6.07, 6.45) is 0. The van der Waals surface area contributed by atoms with Gasteiger partial charge < -0.3 is 10.8 Å². The highest BCUT2D eigenvalue weighted by Gasteiger charge is 2.21. The summed E-state index contributed by atoms with van der Waals surface area (Å²) in [4.78, 5) is 20.6. The third kappa shape index (κ3) is 2.54. The van der Waals surface area contributed by atoms with Gasteiger partial charge in [-0.15, -0.1) is 0 Å². The van der Waals surface area contributed by atoms with Gasteiger partial charge >= 0.3 is 5.97 Å². The average Bonchev–Trinajstić information content (AvgIpc) is 2.27. The van der Waals surface area contributed by atoms with Crippen LogP contribution in [-0.2, 0) is 4.79 Å².